The van der Waals surface area contributed by atoms with Crippen LogP contribution in [0.2, 0.25) is 0 Å². The van der Waals surface area contributed by atoms with Gasteiger partial charge in [-0.15, -0.1) is 0 Å². The number of carbonyl (C=O) groups is 3. The normalized spacial score (nSPS) is 24.9. The van der Waals surface area contributed by atoms with Gasteiger partial charge in [0.05, 0.1) is 13.1 Å². The van der Waals surface area contributed by atoms with Crippen LogP contribution in [0, 0.1) is 5.92 Å². The van der Waals surface area contributed by atoms with E-state index in [4.69, 9.17) is 4.74 Å². The van der Waals surface area contributed by atoms with E-state index in [0.717, 1.165) is 17.7 Å². The highest BCUT2D eigenvalue weighted by Gasteiger charge is 2.21. The fourth-order valence-corrected chi connectivity index (χ4v) is 3.10. The van der Waals surface area contributed by atoms with Gasteiger partial charge in [0.25, 0.3) is 0 Å². The van der Waals surface area contributed by atoms with Gasteiger partial charge in [-0.1, -0.05) is 25.1 Å². The van der Waals surface area contributed by atoms with Crippen molar-refractivity contribution in [1.29, 1.82) is 0 Å². The highest BCUT2D eigenvalue weighted by atomic mass is 16.5. The molecule has 0 aromatic heterocycles. The van der Waals surface area contributed by atoms with Crippen molar-refractivity contribution in [3.8, 4) is 5.75 Å². The minimum Gasteiger partial charge on any atom is -0.492 e. The number of carbonyl (C=O) groups excluding carboxylic acids is 3. The zero-order valence-electron chi connectivity index (χ0n) is 17.9. The Bertz CT molecular complexity index is 727. The number of ether oxygens (including phenoxy) is 1. The van der Waals surface area contributed by atoms with Gasteiger partial charge in [0.2, 0.25) is 17.7 Å². The third-order valence-electron chi connectivity index (χ3n) is 4.77. The molecule has 1 aliphatic rings. The molecule has 1 aromatic rings. The molecule has 3 atom stereocenters. The number of nitrogens with one attached hydrogen (secondary N) is 5. The van der Waals surface area contributed by atoms with Crippen molar-refractivity contribution in [1.82, 2.24) is 26.6 Å². The Morgan fingerprint density at radius 2 is 1.83 bits per heavy atom. The zero-order chi connectivity index (χ0) is 21.9. The lowest BCUT2D eigenvalue weighted by Crippen LogP contribution is -2.54. The summed E-state index contributed by atoms with van der Waals surface area (Å²) in [5.74, 6) is -0.00854. The lowest BCUT2D eigenvalue weighted by molar-refractivity contribution is -0.129. The van der Waals surface area contributed by atoms with Crippen LogP contribution in [-0.2, 0) is 20.8 Å². The first kappa shape index (κ1) is 23.6. The smallest absolute Gasteiger partial charge is 0.243 e. The molecule has 9 nitrogen and oxygen atoms in total. The van der Waals surface area contributed by atoms with Gasteiger partial charge >= 0.3 is 0 Å². The Hall–Kier alpha value is -2.65. The molecule has 0 spiro atoms. The van der Waals surface area contributed by atoms with E-state index in [1.807, 2.05) is 31.2 Å². The van der Waals surface area contributed by atoms with Gasteiger partial charge in [0.1, 0.15) is 18.4 Å². The maximum absolute atomic E-state index is 12.5. The summed E-state index contributed by atoms with van der Waals surface area (Å²) in [6.45, 7) is 5.02. The Morgan fingerprint density at radius 1 is 1.07 bits per heavy atom. The van der Waals surface area contributed by atoms with Gasteiger partial charge in [-0.05, 0) is 37.9 Å². The van der Waals surface area contributed by atoms with E-state index in [1.165, 1.54) is 0 Å². The van der Waals surface area contributed by atoms with E-state index in [1.54, 1.807) is 7.05 Å². The average molecular weight is 420 g/mol. The number of likely N-dealkylation sites (N-methyl/N-ethyl adjacent to an activating group) is 1. The third-order valence-corrected chi connectivity index (χ3v) is 4.77. The summed E-state index contributed by atoms with van der Waals surface area (Å²) in [6, 6.07) is 7.06. The summed E-state index contributed by atoms with van der Waals surface area (Å²) in [4.78, 5) is 36.7. The number of hydrogen-bond donors (Lipinski definition) is 5. The van der Waals surface area contributed by atoms with E-state index in [2.05, 4.69) is 33.5 Å². The molecule has 0 bridgehead atoms. The van der Waals surface area contributed by atoms with Gasteiger partial charge < -0.3 is 31.3 Å². The van der Waals surface area contributed by atoms with Crippen LogP contribution < -0.4 is 31.3 Å². The molecule has 166 valence electrons. The maximum Gasteiger partial charge on any atom is 0.243 e. The van der Waals surface area contributed by atoms with Crippen molar-refractivity contribution in [2.75, 3.05) is 39.8 Å². The maximum atomic E-state index is 12.5. The van der Waals surface area contributed by atoms with Crippen molar-refractivity contribution in [2.45, 2.75) is 32.4 Å². The summed E-state index contributed by atoms with van der Waals surface area (Å²) in [7, 11) is 1.71. The second-order valence-corrected chi connectivity index (χ2v) is 7.71. The van der Waals surface area contributed by atoms with E-state index in [-0.39, 0.29) is 43.4 Å². The first-order valence-electron chi connectivity index (χ1n) is 10.3. The van der Waals surface area contributed by atoms with Crippen LogP contribution in [0.15, 0.2) is 24.3 Å². The first-order valence-corrected chi connectivity index (χ1v) is 10.3. The standard InChI is InChI=1S/C21H33N5O4/c1-14-8-16-6-4-5-7-18(16)30-13-15(2)23-11-19(27)24-12-20(28)26-17(10-22-3)21(29)25-9-14/h4-7,14-15,17,22-23H,8-13H2,1-3H3,(H,24,27)(H,25,29)(H,26,28)/t14?,15-,17?/m0/s1. The Kier molecular flexibility index (Phi) is 9.56. The Morgan fingerprint density at radius 3 is 2.60 bits per heavy atom. The first-order chi connectivity index (χ1) is 14.4. The SMILES string of the molecule is CNCC1NC(=O)CNC(=O)CN[C@@H](C)COc2ccccc2CC(C)CNC1=O. The monoisotopic (exact) mass is 419 g/mol. The highest BCUT2D eigenvalue weighted by molar-refractivity contribution is 5.90. The molecular formula is C21H33N5O4. The molecule has 30 heavy (non-hydrogen) atoms. The molecule has 0 radical (unpaired) electrons. The van der Waals surface area contributed by atoms with Crippen LogP contribution in [0.3, 0.4) is 0 Å². The molecular weight excluding hydrogens is 386 g/mol. The van der Waals surface area contributed by atoms with Crippen molar-refractivity contribution in [3.63, 3.8) is 0 Å². The topological polar surface area (TPSA) is 121 Å². The van der Waals surface area contributed by atoms with Crippen LogP contribution in [-0.4, -0.2) is 69.6 Å². The van der Waals surface area contributed by atoms with E-state index < -0.39 is 11.9 Å². The molecule has 2 rings (SSSR count). The summed E-state index contributed by atoms with van der Waals surface area (Å²) in [5, 5.41) is 14.1. The minimum absolute atomic E-state index is 0.0479. The van der Waals surface area contributed by atoms with Crippen LogP contribution >= 0.6 is 0 Å². The Labute approximate surface area is 177 Å². The number of rotatable bonds is 2. The van der Waals surface area contributed by atoms with Crippen LogP contribution in [0.5, 0.6) is 5.75 Å². The molecule has 0 aliphatic carbocycles. The molecule has 0 saturated heterocycles. The fraction of sp³-hybridized carbons (Fsp3) is 0.571. The second-order valence-electron chi connectivity index (χ2n) is 7.71. The number of fused-ring (bicyclic) bond motifs is 1. The number of hydrogen-bond acceptors (Lipinski definition) is 6. The van der Waals surface area contributed by atoms with Crippen LogP contribution in [0.4, 0.5) is 0 Å². The molecule has 0 fully saturated rings. The van der Waals surface area contributed by atoms with Crippen molar-refractivity contribution < 1.29 is 19.1 Å². The van der Waals surface area contributed by atoms with Gasteiger partial charge in [-0.25, -0.2) is 0 Å². The average Bonchev–Trinajstić information content (AvgIpc) is 2.73. The molecule has 0 saturated carbocycles. The Balaban J connectivity index is 2.12. The number of benzene rings is 1. The minimum atomic E-state index is -0.723. The molecule has 2 unspecified atom stereocenters. The summed E-state index contributed by atoms with van der Waals surface area (Å²) in [5.41, 5.74) is 1.06. The molecule has 1 aromatic carbocycles. The van der Waals surface area contributed by atoms with Gasteiger partial charge in [-0.3, -0.25) is 14.4 Å². The molecule has 9 heteroatoms. The van der Waals surface area contributed by atoms with Crippen molar-refractivity contribution >= 4 is 17.7 Å². The molecule has 5 N–H and O–H groups in total. The zero-order valence-corrected chi connectivity index (χ0v) is 17.9. The summed E-state index contributed by atoms with van der Waals surface area (Å²) in [6.07, 6.45) is 0.740. The largest absolute Gasteiger partial charge is 0.492 e. The predicted molar refractivity (Wildman–Crippen MR) is 114 cm³/mol. The second kappa shape index (κ2) is 12.1. The highest BCUT2D eigenvalue weighted by Crippen LogP contribution is 2.21. The summed E-state index contributed by atoms with van der Waals surface area (Å²) < 4.78 is 5.96. The number of amides is 3. The lowest BCUT2D eigenvalue weighted by atomic mass is 10.00. The number of para-hydroxylation sites is 1. The van der Waals surface area contributed by atoms with Gasteiger partial charge in [0.15, 0.2) is 0 Å². The lowest BCUT2D eigenvalue weighted by Gasteiger charge is -2.21. The van der Waals surface area contributed by atoms with Crippen molar-refractivity contribution in [2.24, 2.45) is 5.92 Å². The molecule has 1 aliphatic heterocycles. The van der Waals surface area contributed by atoms with E-state index in [0.29, 0.717) is 13.2 Å². The molecule has 1 heterocycles. The van der Waals surface area contributed by atoms with Gasteiger partial charge in [0, 0.05) is 19.1 Å². The van der Waals surface area contributed by atoms with Crippen molar-refractivity contribution in [3.05, 3.63) is 29.8 Å². The van der Waals surface area contributed by atoms with Gasteiger partial charge in [-0.2, -0.15) is 0 Å². The van der Waals surface area contributed by atoms with E-state index in [9.17, 15) is 14.4 Å². The predicted octanol–water partition coefficient (Wildman–Crippen LogP) is -0.828. The van der Waals surface area contributed by atoms with E-state index >= 15 is 0 Å². The summed E-state index contributed by atoms with van der Waals surface area (Å²) >= 11 is 0. The quantitative estimate of drug-likeness (QED) is 0.427. The van der Waals surface area contributed by atoms with Crippen LogP contribution in [0.25, 0.3) is 0 Å². The fourth-order valence-electron chi connectivity index (χ4n) is 3.10. The molecule has 3 amide bonds. The van der Waals surface area contributed by atoms with Crippen LogP contribution in [0.1, 0.15) is 19.4 Å². The third kappa shape index (κ3) is 8.00.